The lowest BCUT2D eigenvalue weighted by molar-refractivity contribution is 0.414. The first-order valence-corrected chi connectivity index (χ1v) is 10.2. The lowest BCUT2D eigenvalue weighted by Gasteiger charge is -2.17. The smallest absolute Gasteiger partial charge is 0.243 e. The number of rotatable bonds is 5. The lowest BCUT2D eigenvalue weighted by Crippen LogP contribution is -2.29. The number of nitrogens with zero attached hydrogens (tertiary/aromatic N) is 2. The molecule has 0 unspecified atom stereocenters. The van der Waals surface area contributed by atoms with E-state index in [1.54, 1.807) is 41.9 Å². The van der Waals surface area contributed by atoms with Crippen molar-refractivity contribution in [1.29, 1.82) is 0 Å². The number of hydrogen-bond donors (Lipinski definition) is 1. The van der Waals surface area contributed by atoms with Crippen LogP contribution >= 0.6 is 0 Å². The molecule has 2 heterocycles. The molecule has 0 saturated carbocycles. The van der Waals surface area contributed by atoms with Crippen LogP contribution in [0.5, 0.6) is 5.75 Å². The van der Waals surface area contributed by atoms with Crippen molar-refractivity contribution in [2.45, 2.75) is 16.7 Å². The maximum atomic E-state index is 13.2. The summed E-state index contributed by atoms with van der Waals surface area (Å²) in [4.78, 5) is 0.278. The van der Waals surface area contributed by atoms with E-state index in [1.165, 1.54) is 0 Å². The third-order valence-electron chi connectivity index (χ3n) is 5.13. The Balaban J connectivity index is 1.67. The summed E-state index contributed by atoms with van der Waals surface area (Å²) in [6, 6.07) is 18.5. The van der Waals surface area contributed by atoms with Crippen molar-refractivity contribution in [2.24, 2.45) is 0 Å². The van der Waals surface area contributed by atoms with Gasteiger partial charge in [0, 0.05) is 36.8 Å². The van der Waals surface area contributed by atoms with E-state index < -0.39 is 10.0 Å². The molecule has 140 valence electrons. The van der Waals surface area contributed by atoms with E-state index in [4.69, 9.17) is 4.74 Å². The van der Waals surface area contributed by atoms with Gasteiger partial charge in [-0.3, -0.25) is 5.10 Å². The molecule has 27 heavy (non-hydrogen) atoms. The molecule has 2 aromatic carbocycles. The van der Waals surface area contributed by atoms with E-state index in [1.807, 2.05) is 24.3 Å². The highest BCUT2D eigenvalue weighted by Crippen LogP contribution is 2.41. The Morgan fingerprint density at radius 3 is 2.33 bits per heavy atom. The van der Waals surface area contributed by atoms with Crippen LogP contribution in [0, 0.1) is 0 Å². The summed E-state index contributed by atoms with van der Waals surface area (Å²) in [5.41, 5.74) is 2.08. The zero-order valence-corrected chi connectivity index (χ0v) is 15.8. The van der Waals surface area contributed by atoms with Crippen LogP contribution in [0.15, 0.2) is 71.8 Å². The Bertz CT molecular complexity index is 987. The van der Waals surface area contributed by atoms with E-state index in [9.17, 15) is 8.42 Å². The molecule has 1 N–H and O–H groups in total. The monoisotopic (exact) mass is 383 g/mol. The highest BCUT2D eigenvalue weighted by Gasteiger charge is 2.41. The molecule has 0 aliphatic carbocycles. The zero-order chi connectivity index (χ0) is 18.9. The first-order valence-electron chi connectivity index (χ1n) is 8.78. The molecule has 1 saturated heterocycles. The van der Waals surface area contributed by atoms with Crippen molar-refractivity contribution in [3.63, 3.8) is 0 Å². The third-order valence-corrected chi connectivity index (χ3v) is 6.98. The van der Waals surface area contributed by atoms with E-state index in [2.05, 4.69) is 22.3 Å². The summed E-state index contributed by atoms with van der Waals surface area (Å²) >= 11 is 0. The molecule has 1 fully saturated rings. The number of aromatic amines is 1. The minimum atomic E-state index is -3.59. The van der Waals surface area contributed by atoms with Crippen LogP contribution in [-0.4, -0.2) is 43.1 Å². The fraction of sp³-hybridized carbons (Fsp3) is 0.250. The van der Waals surface area contributed by atoms with Crippen molar-refractivity contribution in [2.75, 3.05) is 20.2 Å². The van der Waals surface area contributed by atoms with Gasteiger partial charge in [-0.05, 0) is 35.9 Å². The number of methoxy groups -OCH3 is 1. The maximum Gasteiger partial charge on any atom is 0.243 e. The van der Waals surface area contributed by atoms with Gasteiger partial charge in [0.1, 0.15) is 5.75 Å². The van der Waals surface area contributed by atoms with Crippen molar-refractivity contribution >= 4 is 10.0 Å². The largest absolute Gasteiger partial charge is 0.497 e. The first kappa shape index (κ1) is 17.8. The topological polar surface area (TPSA) is 75.3 Å². The Morgan fingerprint density at radius 2 is 1.70 bits per heavy atom. The summed E-state index contributed by atoms with van der Waals surface area (Å²) in [7, 11) is -2.03. The normalized spacial score (nSPS) is 20.6. The summed E-state index contributed by atoms with van der Waals surface area (Å²) in [6.45, 7) is 0.845. The Labute approximate surface area is 158 Å². The number of sulfonamides is 1. The Morgan fingerprint density at radius 1 is 1.00 bits per heavy atom. The second-order valence-corrected chi connectivity index (χ2v) is 8.57. The molecule has 4 rings (SSSR count). The molecule has 7 heteroatoms. The van der Waals surface area contributed by atoms with Crippen LogP contribution in [0.2, 0.25) is 0 Å². The minimum Gasteiger partial charge on any atom is -0.497 e. The number of aromatic nitrogens is 2. The molecule has 6 nitrogen and oxygen atoms in total. The zero-order valence-electron chi connectivity index (χ0n) is 14.9. The average molecular weight is 383 g/mol. The number of ether oxygens (including phenoxy) is 1. The number of hydrogen-bond acceptors (Lipinski definition) is 4. The van der Waals surface area contributed by atoms with Crippen LogP contribution in [-0.2, 0) is 10.0 Å². The molecular formula is C20H21N3O3S. The standard InChI is InChI=1S/C20H21N3O3S/c1-26-16-7-9-17(10-8-16)27(24,25)23-13-18(15-5-3-2-4-6-15)19(14-23)20-11-12-21-22-20/h2-12,18-19H,13-14H2,1H3,(H,21,22)/t18-,19+/m0/s1. The van der Waals surface area contributed by atoms with Crippen molar-refractivity contribution in [3.05, 3.63) is 78.1 Å². The van der Waals surface area contributed by atoms with Gasteiger partial charge in [-0.1, -0.05) is 30.3 Å². The average Bonchev–Trinajstić information content (AvgIpc) is 3.38. The second-order valence-electron chi connectivity index (χ2n) is 6.63. The SMILES string of the molecule is COc1ccc(S(=O)(=O)N2C[C@@H](c3ccccc3)[C@H](c3ccn[nH]3)C2)cc1. The van der Waals surface area contributed by atoms with Gasteiger partial charge in [-0.15, -0.1) is 0 Å². The van der Waals surface area contributed by atoms with Crippen molar-refractivity contribution < 1.29 is 13.2 Å². The highest BCUT2D eigenvalue weighted by atomic mass is 32.2. The van der Waals surface area contributed by atoms with Crippen LogP contribution in [0.1, 0.15) is 23.1 Å². The maximum absolute atomic E-state index is 13.2. The van der Waals surface area contributed by atoms with Crippen LogP contribution in [0.25, 0.3) is 0 Å². The molecule has 2 atom stereocenters. The van der Waals surface area contributed by atoms with E-state index in [0.717, 1.165) is 11.3 Å². The molecule has 1 aliphatic heterocycles. The van der Waals surface area contributed by atoms with Gasteiger partial charge in [0.2, 0.25) is 10.0 Å². The van der Waals surface area contributed by atoms with E-state index >= 15 is 0 Å². The predicted molar refractivity (Wildman–Crippen MR) is 102 cm³/mol. The Kier molecular flexibility index (Phi) is 4.72. The fourth-order valence-corrected chi connectivity index (χ4v) is 5.18. The number of benzene rings is 2. The van der Waals surface area contributed by atoms with Crippen LogP contribution in [0.3, 0.4) is 0 Å². The van der Waals surface area contributed by atoms with Gasteiger partial charge >= 0.3 is 0 Å². The van der Waals surface area contributed by atoms with E-state index in [0.29, 0.717) is 18.8 Å². The Hall–Kier alpha value is -2.64. The summed E-state index contributed by atoms with van der Waals surface area (Å²) in [5, 5.41) is 7.07. The summed E-state index contributed by atoms with van der Waals surface area (Å²) in [6.07, 6.45) is 1.71. The fourth-order valence-electron chi connectivity index (χ4n) is 3.69. The molecule has 3 aromatic rings. The molecule has 1 aromatic heterocycles. The molecule has 0 radical (unpaired) electrons. The van der Waals surface area contributed by atoms with Gasteiger partial charge < -0.3 is 4.74 Å². The summed E-state index contributed by atoms with van der Waals surface area (Å²) in [5.74, 6) is 0.732. The molecule has 0 bridgehead atoms. The quantitative estimate of drug-likeness (QED) is 0.735. The second kappa shape index (κ2) is 7.17. The van der Waals surface area contributed by atoms with Crippen LogP contribution < -0.4 is 4.74 Å². The van der Waals surface area contributed by atoms with Gasteiger partial charge in [0.25, 0.3) is 0 Å². The number of H-pyrrole nitrogens is 1. The predicted octanol–water partition coefficient (Wildman–Crippen LogP) is 2.99. The lowest BCUT2D eigenvalue weighted by atomic mass is 9.87. The molecule has 0 amide bonds. The van der Waals surface area contributed by atoms with E-state index in [-0.39, 0.29) is 16.7 Å². The minimum absolute atomic E-state index is 0.0305. The van der Waals surface area contributed by atoms with Gasteiger partial charge in [0.05, 0.1) is 12.0 Å². The van der Waals surface area contributed by atoms with Gasteiger partial charge in [-0.2, -0.15) is 9.40 Å². The van der Waals surface area contributed by atoms with Crippen molar-refractivity contribution in [1.82, 2.24) is 14.5 Å². The van der Waals surface area contributed by atoms with Crippen molar-refractivity contribution in [3.8, 4) is 5.75 Å². The molecule has 0 spiro atoms. The highest BCUT2D eigenvalue weighted by molar-refractivity contribution is 7.89. The first-order chi connectivity index (χ1) is 13.1. The molecule has 1 aliphatic rings. The molecular weight excluding hydrogens is 362 g/mol. The van der Waals surface area contributed by atoms with Crippen LogP contribution in [0.4, 0.5) is 0 Å². The summed E-state index contributed by atoms with van der Waals surface area (Å²) < 4.78 is 33.1. The van der Waals surface area contributed by atoms with Gasteiger partial charge in [-0.25, -0.2) is 8.42 Å². The third kappa shape index (κ3) is 3.36. The van der Waals surface area contributed by atoms with Gasteiger partial charge in [0.15, 0.2) is 0 Å². The number of nitrogens with one attached hydrogen (secondary N) is 1.